The fourth-order valence-electron chi connectivity index (χ4n) is 10.2. The summed E-state index contributed by atoms with van der Waals surface area (Å²) in [6, 6.07) is 67.7. The highest BCUT2D eigenvalue weighted by Gasteiger charge is 2.55. The second kappa shape index (κ2) is 26.2. The summed E-state index contributed by atoms with van der Waals surface area (Å²) in [7, 11) is -1.52. The van der Waals surface area contributed by atoms with E-state index in [0.717, 1.165) is 32.6 Å². The summed E-state index contributed by atoms with van der Waals surface area (Å²) in [5.74, 6) is 0.191. The number of hydrogen-bond acceptors (Lipinski definition) is 11. The van der Waals surface area contributed by atoms with Crippen LogP contribution in [0.2, 0.25) is 5.04 Å². The number of carbonyl (C=O) groups excluding carboxylic acids is 1. The van der Waals surface area contributed by atoms with E-state index in [9.17, 15) is 4.79 Å². The minimum Gasteiger partial charge on any atom is -0.497 e. The largest absolute Gasteiger partial charge is 0.497 e. The number of benzene rings is 7. The molecule has 0 spiro atoms. The molecule has 396 valence electrons. The average Bonchev–Trinajstić information content (AvgIpc) is 3.47. The molecule has 0 aliphatic carbocycles. The van der Waals surface area contributed by atoms with Crippen LogP contribution in [0.15, 0.2) is 206 Å². The van der Waals surface area contributed by atoms with Crippen LogP contribution in [-0.4, -0.2) is 89.7 Å². The zero-order chi connectivity index (χ0) is 52.7. The van der Waals surface area contributed by atoms with Gasteiger partial charge in [-0.2, -0.15) is 0 Å². The summed E-state index contributed by atoms with van der Waals surface area (Å²) in [6.45, 7) is 9.79. The Morgan fingerprint density at radius 3 is 1.47 bits per heavy atom. The summed E-state index contributed by atoms with van der Waals surface area (Å²) in [5, 5.41) is 1.87. The molecule has 7 aromatic rings. The van der Waals surface area contributed by atoms with Crippen LogP contribution in [0, 0.1) is 0 Å². The van der Waals surface area contributed by atoms with Crippen LogP contribution < -0.4 is 15.1 Å². The minimum absolute atomic E-state index is 0.0864. The number of methoxy groups -OCH3 is 1. The maximum atomic E-state index is 14.2. The first-order chi connectivity index (χ1) is 37.1. The van der Waals surface area contributed by atoms with Gasteiger partial charge in [0.2, 0.25) is 0 Å². The third kappa shape index (κ3) is 13.4. The van der Waals surface area contributed by atoms with Crippen LogP contribution in [0.5, 0.6) is 5.75 Å². The predicted octanol–water partition coefficient (Wildman–Crippen LogP) is 10.7. The van der Waals surface area contributed by atoms with Gasteiger partial charge in [0.15, 0.2) is 12.4 Å². The third-order valence-corrected chi connectivity index (χ3v) is 19.2. The van der Waals surface area contributed by atoms with Crippen molar-refractivity contribution in [3.8, 4) is 5.75 Å². The van der Waals surface area contributed by atoms with Crippen molar-refractivity contribution >= 4 is 24.7 Å². The van der Waals surface area contributed by atoms with Gasteiger partial charge in [0.25, 0.3) is 8.32 Å². The molecule has 9 atom stereocenters. The van der Waals surface area contributed by atoms with Gasteiger partial charge in [-0.25, -0.2) is 4.79 Å². The zero-order valence-electron chi connectivity index (χ0n) is 44.1. The van der Waals surface area contributed by atoms with Crippen LogP contribution in [0.1, 0.15) is 60.3 Å². The molecule has 2 saturated heterocycles. The Labute approximate surface area is 449 Å². The van der Waals surface area contributed by atoms with Crippen LogP contribution in [0.3, 0.4) is 0 Å². The van der Waals surface area contributed by atoms with E-state index in [-0.39, 0.29) is 38.1 Å². The summed E-state index contributed by atoms with van der Waals surface area (Å²) in [6.07, 6.45) is -7.53. The lowest BCUT2D eigenvalue weighted by atomic mass is 9.94. The number of esters is 1. The molecule has 2 heterocycles. The molecule has 0 N–H and O–H groups in total. The van der Waals surface area contributed by atoms with E-state index in [0.29, 0.717) is 17.9 Å². The summed E-state index contributed by atoms with van der Waals surface area (Å²) >= 11 is 0. The fourth-order valence-corrected chi connectivity index (χ4v) is 14.8. The monoisotopic (exact) mass is 1040 g/mol. The van der Waals surface area contributed by atoms with E-state index in [1.54, 1.807) is 19.2 Å². The van der Waals surface area contributed by atoms with E-state index in [1.165, 1.54) is 0 Å². The molecule has 9 unspecified atom stereocenters. The summed E-state index contributed by atoms with van der Waals surface area (Å²) in [4.78, 5) is 14.2. The Morgan fingerprint density at radius 1 is 0.526 bits per heavy atom. The van der Waals surface area contributed by atoms with Crippen molar-refractivity contribution in [1.29, 1.82) is 0 Å². The SMILES string of the molecule is COc1ccc(COC2C(OC(=O)c3ccccc3)C(C)OC(CO[Si](c3ccccc3)(c3ccccc3)C(C)(C)C)C2OC2OCC(OCc3ccccc3)C(OCc3ccccc3)C2OCc2ccccc2)cc1. The molecule has 12 heteroatoms. The Bertz CT molecular complexity index is 2760. The van der Waals surface area contributed by atoms with E-state index in [1.807, 2.05) is 153 Å². The Balaban J connectivity index is 1.13. The fraction of sp³-hybridized carbons (Fsp3) is 0.328. The lowest BCUT2D eigenvalue weighted by Gasteiger charge is -2.49. The van der Waals surface area contributed by atoms with Crippen molar-refractivity contribution in [2.45, 2.75) is 114 Å². The van der Waals surface area contributed by atoms with Crippen LogP contribution in [0.25, 0.3) is 0 Å². The first-order valence-corrected chi connectivity index (χ1v) is 28.1. The first kappa shape index (κ1) is 54.5. The number of carbonyl (C=O) groups is 1. The molecule has 0 aromatic heterocycles. The van der Waals surface area contributed by atoms with Gasteiger partial charge in [-0.1, -0.05) is 203 Å². The molecule has 2 fully saturated rings. The smallest absolute Gasteiger partial charge is 0.338 e. The second-order valence-corrected chi connectivity index (χ2v) is 24.7. The molecular weight excluding hydrogens is 973 g/mol. The van der Waals surface area contributed by atoms with E-state index >= 15 is 0 Å². The highest BCUT2D eigenvalue weighted by molar-refractivity contribution is 6.99. The Hall–Kier alpha value is -6.29. The molecule has 0 bridgehead atoms. The first-order valence-electron chi connectivity index (χ1n) is 26.2. The highest BCUT2D eigenvalue weighted by atomic mass is 28.4. The quantitative estimate of drug-likeness (QED) is 0.0478. The van der Waals surface area contributed by atoms with Crippen molar-refractivity contribution < 1.29 is 51.9 Å². The maximum absolute atomic E-state index is 14.2. The molecule has 2 aliphatic rings. The van der Waals surface area contributed by atoms with Gasteiger partial charge < -0.3 is 47.1 Å². The molecule has 0 saturated carbocycles. The molecule has 7 aromatic carbocycles. The molecule has 2 aliphatic heterocycles. The average molecular weight is 1040 g/mol. The maximum Gasteiger partial charge on any atom is 0.338 e. The summed E-state index contributed by atoms with van der Waals surface area (Å²) < 4.78 is 69.0. The van der Waals surface area contributed by atoms with Gasteiger partial charge in [0.05, 0.1) is 58.4 Å². The van der Waals surface area contributed by atoms with Crippen molar-refractivity contribution in [3.05, 3.63) is 234 Å². The topological polar surface area (TPSA) is 109 Å². The molecule has 0 amide bonds. The van der Waals surface area contributed by atoms with E-state index in [2.05, 4.69) is 69.3 Å². The standard InChI is InChI=1S/C64H70O11Si/c1-46-57(74-62(65)51-30-18-9-19-31-51)60(69-43-50-36-38-52(66-5)39-37-50)59(56(73-46)45-72-76(64(2,3)4,53-32-20-10-21-33-53)54-34-22-11-23-35-54)75-63-61(70-42-49-28-16-8-17-29-49)58(68-41-48-26-14-7-15-27-48)55(44-71-63)67-40-47-24-12-6-13-25-47/h6-39,46,55-61,63H,40-45H2,1-5H3. The van der Waals surface area contributed by atoms with Gasteiger partial charge in [-0.3, -0.25) is 0 Å². The van der Waals surface area contributed by atoms with Crippen LogP contribution in [-0.2, 0) is 68.7 Å². The van der Waals surface area contributed by atoms with Crippen molar-refractivity contribution in [1.82, 2.24) is 0 Å². The minimum atomic E-state index is -3.16. The molecule has 76 heavy (non-hydrogen) atoms. The zero-order valence-corrected chi connectivity index (χ0v) is 45.1. The lowest BCUT2D eigenvalue weighted by Crippen LogP contribution is -2.69. The highest BCUT2D eigenvalue weighted by Crippen LogP contribution is 2.39. The van der Waals surface area contributed by atoms with Crippen molar-refractivity contribution in [2.75, 3.05) is 20.3 Å². The van der Waals surface area contributed by atoms with Crippen molar-refractivity contribution in [3.63, 3.8) is 0 Å². The van der Waals surface area contributed by atoms with Gasteiger partial charge in [0, 0.05) is 0 Å². The molecule has 9 rings (SSSR count). The molecule has 0 radical (unpaired) electrons. The lowest BCUT2D eigenvalue weighted by molar-refractivity contribution is -0.341. The van der Waals surface area contributed by atoms with Crippen molar-refractivity contribution in [2.24, 2.45) is 0 Å². The van der Waals surface area contributed by atoms with Crippen LogP contribution >= 0.6 is 0 Å². The molecule has 11 nitrogen and oxygen atoms in total. The number of ether oxygens (including phenoxy) is 9. The van der Waals surface area contributed by atoms with E-state index in [4.69, 9.17) is 47.1 Å². The second-order valence-electron chi connectivity index (χ2n) is 20.4. The van der Waals surface area contributed by atoms with Gasteiger partial charge in [0.1, 0.15) is 42.4 Å². The van der Waals surface area contributed by atoms with Gasteiger partial charge in [-0.15, -0.1) is 0 Å². The number of hydrogen-bond donors (Lipinski definition) is 0. The predicted molar refractivity (Wildman–Crippen MR) is 295 cm³/mol. The molecular formula is C64H70O11Si. The summed E-state index contributed by atoms with van der Waals surface area (Å²) in [5.41, 5.74) is 4.21. The van der Waals surface area contributed by atoms with Gasteiger partial charge >= 0.3 is 5.97 Å². The third-order valence-electron chi connectivity index (χ3n) is 14.2. The normalized spacial score (nSPS) is 22.9. The Morgan fingerprint density at radius 2 is 0.974 bits per heavy atom. The van der Waals surface area contributed by atoms with Gasteiger partial charge in [-0.05, 0) is 68.9 Å². The number of rotatable bonds is 22. The van der Waals surface area contributed by atoms with Crippen LogP contribution in [0.4, 0.5) is 0 Å². The Kier molecular flexibility index (Phi) is 18.8. The van der Waals surface area contributed by atoms with E-state index < -0.39 is 69.4 Å².